The van der Waals surface area contributed by atoms with Gasteiger partial charge < -0.3 is 10.4 Å². The molecule has 0 unspecified atom stereocenters. The van der Waals surface area contributed by atoms with Gasteiger partial charge in [0, 0.05) is 29.1 Å². The van der Waals surface area contributed by atoms with Crippen LogP contribution in [0.3, 0.4) is 0 Å². The Labute approximate surface area is 255 Å². The molecule has 0 aliphatic carbocycles. The summed E-state index contributed by atoms with van der Waals surface area (Å²) in [5.41, 5.74) is 2.93. The number of hydrogen-bond acceptors (Lipinski definition) is 7. The average Bonchev–Trinajstić information content (AvgIpc) is 3.68. The Morgan fingerprint density at radius 3 is 2.47 bits per heavy atom. The van der Waals surface area contributed by atoms with Gasteiger partial charge >= 0.3 is 12.1 Å². The van der Waals surface area contributed by atoms with Gasteiger partial charge in [-0.15, -0.1) is 10.2 Å². The number of pyridine rings is 1. The van der Waals surface area contributed by atoms with E-state index in [4.69, 9.17) is 0 Å². The van der Waals surface area contributed by atoms with Gasteiger partial charge in [-0.2, -0.15) is 23.5 Å². The van der Waals surface area contributed by atoms with Crippen LogP contribution < -0.4 is 5.32 Å². The largest absolute Gasteiger partial charge is 0.481 e. The van der Waals surface area contributed by atoms with E-state index in [0.29, 0.717) is 24.5 Å². The predicted octanol–water partition coefficient (Wildman–Crippen LogP) is 4.96. The lowest BCUT2D eigenvalue weighted by molar-refractivity contribution is -0.138. The first kappa shape index (κ1) is 31.0. The molecular formula is C31H29F3N8O3. The minimum Gasteiger partial charge on any atom is -0.481 e. The number of alkyl halides is 3. The number of aromatic nitrogens is 7. The molecule has 3 aromatic heterocycles. The zero-order chi connectivity index (χ0) is 32.0. The number of aromatic amines is 1. The van der Waals surface area contributed by atoms with Crippen molar-refractivity contribution in [2.45, 2.75) is 51.4 Å². The zero-order valence-electron chi connectivity index (χ0n) is 24.1. The molecule has 5 aromatic rings. The summed E-state index contributed by atoms with van der Waals surface area (Å²) in [6.45, 7) is 2.29. The summed E-state index contributed by atoms with van der Waals surface area (Å²) in [6.07, 6.45) is -2.40. The van der Waals surface area contributed by atoms with Crippen molar-refractivity contribution >= 4 is 11.9 Å². The molecule has 0 fully saturated rings. The molecule has 0 radical (unpaired) electrons. The number of nitrogens with zero attached hydrogens (tertiary/aromatic N) is 6. The van der Waals surface area contributed by atoms with Crippen molar-refractivity contribution in [1.82, 2.24) is 40.7 Å². The minimum absolute atomic E-state index is 0.0385. The highest BCUT2D eigenvalue weighted by molar-refractivity contribution is 5.93. The molecular weight excluding hydrogens is 589 g/mol. The lowest BCUT2D eigenvalue weighted by atomic mass is 9.98. The lowest BCUT2D eigenvalue weighted by Gasteiger charge is -2.19. The molecule has 1 amide bonds. The topological polar surface area (TPSA) is 152 Å². The standard InChI is InChI=1S/C31H29F3N8O3/c1-2-7-22-16-27(30(45)36-21(15-28(43)44)14-20-8-3-6-11-25(20)31(32,33)34)39-42(22)18-19-12-13-26(35-17-19)23-9-4-5-10-24(23)29-37-40-41-38-29/h3-6,8-13,16-17,21H,2,7,14-15,18H2,1H3,(H,36,45)(H,43,44)(H,37,38,40,41)/t21-/m1/s1. The van der Waals surface area contributed by atoms with E-state index in [1.807, 2.05) is 43.3 Å². The van der Waals surface area contributed by atoms with Crippen LogP contribution in [0.25, 0.3) is 22.6 Å². The SMILES string of the molecule is CCCc1cc(C(=O)N[C@@H](CC(=O)O)Cc2ccccc2C(F)(F)F)nn1Cc1ccc(-c2ccccc2-c2nn[nH]n2)nc1. The Morgan fingerprint density at radius 2 is 1.80 bits per heavy atom. The van der Waals surface area contributed by atoms with Gasteiger partial charge in [0.2, 0.25) is 5.82 Å². The van der Waals surface area contributed by atoms with Crippen molar-refractivity contribution in [2.75, 3.05) is 0 Å². The molecule has 0 spiro atoms. The Morgan fingerprint density at radius 1 is 1.04 bits per heavy atom. The van der Waals surface area contributed by atoms with Crippen LogP contribution in [-0.4, -0.2) is 58.4 Å². The van der Waals surface area contributed by atoms with E-state index < -0.39 is 36.1 Å². The molecule has 3 heterocycles. The summed E-state index contributed by atoms with van der Waals surface area (Å²) < 4.78 is 42.3. The number of H-pyrrole nitrogens is 1. The number of rotatable bonds is 12. The highest BCUT2D eigenvalue weighted by Gasteiger charge is 2.34. The number of halogens is 3. The monoisotopic (exact) mass is 618 g/mol. The summed E-state index contributed by atoms with van der Waals surface area (Å²) in [4.78, 5) is 29.4. The summed E-state index contributed by atoms with van der Waals surface area (Å²) in [7, 11) is 0. The molecule has 14 heteroatoms. The minimum atomic E-state index is -4.62. The van der Waals surface area contributed by atoms with E-state index >= 15 is 0 Å². The van der Waals surface area contributed by atoms with Crippen molar-refractivity contribution in [2.24, 2.45) is 0 Å². The number of nitrogens with one attached hydrogen (secondary N) is 2. The number of carbonyl (C=O) groups excluding carboxylic acids is 1. The quantitative estimate of drug-likeness (QED) is 0.178. The highest BCUT2D eigenvalue weighted by Crippen LogP contribution is 2.33. The average molecular weight is 619 g/mol. The molecule has 45 heavy (non-hydrogen) atoms. The Hall–Kier alpha value is -5.40. The van der Waals surface area contributed by atoms with E-state index in [0.717, 1.165) is 34.9 Å². The second kappa shape index (κ2) is 13.5. The smallest absolute Gasteiger partial charge is 0.416 e. The van der Waals surface area contributed by atoms with Crippen molar-refractivity contribution in [3.63, 3.8) is 0 Å². The molecule has 5 rings (SSSR count). The first-order chi connectivity index (χ1) is 21.6. The van der Waals surface area contributed by atoms with Gasteiger partial charge in [-0.3, -0.25) is 19.3 Å². The first-order valence-corrected chi connectivity index (χ1v) is 14.1. The summed E-state index contributed by atoms with van der Waals surface area (Å²) in [6, 6.07) is 16.7. The fourth-order valence-electron chi connectivity index (χ4n) is 5.07. The Kier molecular flexibility index (Phi) is 9.31. The van der Waals surface area contributed by atoms with Crippen LogP contribution >= 0.6 is 0 Å². The van der Waals surface area contributed by atoms with Crippen LogP contribution in [0.15, 0.2) is 72.9 Å². The van der Waals surface area contributed by atoms with E-state index in [2.05, 4.69) is 36.0 Å². The van der Waals surface area contributed by atoms with E-state index in [1.165, 1.54) is 18.2 Å². The Balaban J connectivity index is 1.34. The summed E-state index contributed by atoms with van der Waals surface area (Å²) in [5, 5.41) is 30.7. The van der Waals surface area contributed by atoms with Crippen LogP contribution in [0.2, 0.25) is 0 Å². The maximum absolute atomic E-state index is 13.5. The molecule has 0 bridgehead atoms. The van der Waals surface area contributed by atoms with Crippen molar-refractivity contribution < 1.29 is 27.9 Å². The number of amides is 1. The third kappa shape index (κ3) is 7.58. The summed E-state index contributed by atoms with van der Waals surface area (Å²) in [5.74, 6) is -1.48. The van der Waals surface area contributed by atoms with Gasteiger partial charge in [0.1, 0.15) is 5.69 Å². The molecule has 3 N–H and O–H groups in total. The summed E-state index contributed by atoms with van der Waals surface area (Å²) >= 11 is 0. The van der Waals surface area contributed by atoms with Crippen LogP contribution in [-0.2, 0) is 30.4 Å². The third-order valence-electron chi connectivity index (χ3n) is 7.09. The van der Waals surface area contributed by atoms with E-state index in [-0.39, 0.29) is 17.7 Å². The van der Waals surface area contributed by atoms with Gasteiger partial charge in [-0.1, -0.05) is 61.9 Å². The molecule has 0 aliphatic heterocycles. The first-order valence-electron chi connectivity index (χ1n) is 14.1. The van der Waals surface area contributed by atoms with Gasteiger partial charge in [0.25, 0.3) is 5.91 Å². The molecule has 11 nitrogen and oxygen atoms in total. The van der Waals surface area contributed by atoms with E-state index in [9.17, 15) is 27.9 Å². The van der Waals surface area contributed by atoms with Crippen molar-refractivity contribution in [3.05, 3.63) is 101 Å². The molecule has 0 aliphatic rings. The fourth-order valence-corrected chi connectivity index (χ4v) is 5.07. The number of carbonyl (C=O) groups is 2. The number of hydrogen-bond donors (Lipinski definition) is 3. The van der Waals surface area contributed by atoms with Gasteiger partial charge in [-0.25, -0.2) is 0 Å². The molecule has 0 saturated carbocycles. The van der Waals surface area contributed by atoms with Crippen molar-refractivity contribution in [3.8, 4) is 22.6 Å². The number of aryl methyl sites for hydroxylation is 1. The third-order valence-corrected chi connectivity index (χ3v) is 7.09. The van der Waals surface area contributed by atoms with Gasteiger partial charge in [-0.05, 0) is 47.4 Å². The maximum atomic E-state index is 13.5. The number of carboxylic acids is 1. The molecule has 0 saturated heterocycles. The zero-order valence-corrected chi connectivity index (χ0v) is 24.1. The number of tetrazole rings is 1. The normalized spacial score (nSPS) is 12.2. The van der Waals surface area contributed by atoms with Crippen LogP contribution in [0, 0.1) is 0 Å². The van der Waals surface area contributed by atoms with Gasteiger partial charge in [0.05, 0.1) is 24.2 Å². The van der Waals surface area contributed by atoms with Crippen LogP contribution in [0.1, 0.15) is 52.6 Å². The Bertz CT molecular complexity index is 1770. The van der Waals surface area contributed by atoms with E-state index in [1.54, 1.807) is 16.9 Å². The fraction of sp³-hybridized carbons (Fsp3) is 0.258. The van der Waals surface area contributed by atoms with Gasteiger partial charge in [0.15, 0.2) is 0 Å². The number of aliphatic carboxylic acids is 1. The number of benzene rings is 2. The molecule has 232 valence electrons. The molecule has 2 aromatic carbocycles. The predicted molar refractivity (Wildman–Crippen MR) is 157 cm³/mol. The van der Waals surface area contributed by atoms with Crippen LogP contribution in [0.4, 0.5) is 13.2 Å². The van der Waals surface area contributed by atoms with Crippen LogP contribution in [0.5, 0.6) is 0 Å². The second-order valence-corrected chi connectivity index (χ2v) is 10.4. The highest BCUT2D eigenvalue weighted by atomic mass is 19.4. The maximum Gasteiger partial charge on any atom is 0.416 e. The second-order valence-electron chi connectivity index (χ2n) is 10.4. The van der Waals surface area contributed by atoms with Crippen molar-refractivity contribution in [1.29, 1.82) is 0 Å². The number of carboxylic acid groups (broad SMARTS) is 1. The lowest BCUT2D eigenvalue weighted by Crippen LogP contribution is -2.38. The molecule has 1 atom stereocenters.